The topological polar surface area (TPSA) is 12.0 Å². The molecule has 1 heterocycles. The highest BCUT2D eigenvalue weighted by atomic mass is 15.0. The van der Waals surface area contributed by atoms with Gasteiger partial charge >= 0.3 is 0 Å². The summed E-state index contributed by atoms with van der Waals surface area (Å²) in [5.74, 6) is 0. The summed E-state index contributed by atoms with van der Waals surface area (Å²) < 4.78 is 0. The van der Waals surface area contributed by atoms with Gasteiger partial charge in [-0.25, -0.2) is 0 Å². The molecule has 0 aromatic rings. The van der Waals surface area contributed by atoms with E-state index in [1.54, 1.807) is 0 Å². The van der Waals surface area contributed by atoms with Crippen molar-refractivity contribution in [1.82, 2.24) is 5.32 Å². The normalized spacial score (nSPS) is 25.4. The molecule has 0 bridgehead atoms. The van der Waals surface area contributed by atoms with E-state index in [4.69, 9.17) is 0 Å². The summed E-state index contributed by atoms with van der Waals surface area (Å²) in [6.45, 7) is 10.7. The van der Waals surface area contributed by atoms with Gasteiger partial charge in [0.2, 0.25) is 0 Å². The predicted molar refractivity (Wildman–Crippen MR) is 77.4 cm³/mol. The van der Waals surface area contributed by atoms with Crippen LogP contribution in [0.4, 0.5) is 0 Å². The van der Waals surface area contributed by atoms with Crippen LogP contribution in [0.2, 0.25) is 0 Å². The summed E-state index contributed by atoms with van der Waals surface area (Å²) >= 11 is 0. The maximum atomic E-state index is 3.81. The molecule has 1 rings (SSSR count). The molecular weight excluding hydrogens is 206 g/mol. The van der Waals surface area contributed by atoms with Gasteiger partial charge in [0.25, 0.3) is 0 Å². The molecule has 0 aromatic heterocycles. The third-order valence-corrected chi connectivity index (χ3v) is 4.64. The third kappa shape index (κ3) is 4.28. The second-order valence-corrected chi connectivity index (χ2v) is 6.88. The number of hydrogen-bond acceptors (Lipinski definition) is 1. The SMILES string of the molecule is CCCCCCCCC1(C(C)(C)C)CCCN1. The minimum Gasteiger partial charge on any atom is -0.311 e. The van der Waals surface area contributed by atoms with E-state index in [-0.39, 0.29) is 0 Å². The summed E-state index contributed by atoms with van der Waals surface area (Å²) in [6.07, 6.45) is 12.6. The molecule has 1 atom stereocenters. The zero-order valence-electron chi connectivity index (χ0n) is 12.6. The summed E-state index contributed by atoms with van der Waals surface area (Å²) in [6, 6.07) is 0. The molecule has 0 saturated carbocycles. The van der Waals surface area contributed by atoms with E-state index in [9.17, 15) is 0 Å². The molecule has 1 unspecified atom stereocenters. The highest BCUT2D eigenvalue weighted by Gasteiger charge is 2.42. The molecule has 0 aromatic carbocycles. The van der Waals surface area contributed by atoms with Gasteiger partial charge in [0.15, 0.2) is 0 Å². The van der Waals surface area contributed by atoms with E-state index in [2.05, 4.69) is 33.0 Å². The summed E-state index contributed by atoms with van der Waals surface area (Å²) in [5, 5.41) is 3.81. The molecule has 0 spiro atoms. The van der Waals surface area contributed by atoms with Crippen LogP contribution in [0.5, 0.6) is 0 Å². The van der Waals surface area contributed by atoms with Crippen LogP contribution in [0.3, 0.4) is 0 Å². The molecule has 1 N–H and O–H groups in total. The molecule has 1 nitrogen and oxygen atoms in total. The Hall–Kier alpha value is -0.0400. The molecule has 1 aliphatic heterocycles. The van der Waals surface area contributed by atoms with Crippen molar-refractivity contribution in [3.05, 3.63) is 0 Å². The summed E-state index contributed by atoms with van der Waals surface area (Å²) in [5.41, 5.74) is 0.838. The first kappa shape index (κ1) is 15.0. The molecule has 1 heteroatoms. The van der Waals surface area contributed by atoms with Crippen LogP contribution in [0, 0.1) is 5.41 Å². The Morgan fingerprint density at radius 1 is 1.00 bits per heavy atom. The molecule has 1 fully saturated rings. The van der Waals surface area contributed by atoms with Gasteiger partial charge in [0.1, 0.15) is 0 Å². The second kappa shape index (κ2) is 6.78. The van der Waals surface area contributed by atoms with Gasteiger partial charge in [-0.1, -0.05) is 66.2 Å². The van der Waals surface area contributed by atoms with E-state index in [1.807, 2.05) is 0 Å². The van der Waals surface area contributed by atoms with E-state index in [0.29, 0.717) is 11.0 Å². The zero-order chi connectivity index (χ0) is 12.8. The van der Waals surface area contributed by atoms with Gasteiger partial charge in [-0.3, -0.25) is 0 Å². The second-order valence-electron chi connectivity index (χ2n) is 6.88. The lowest BCUT2D eigenvalue weighted by Crippen LogP contribution is -2.50. The Morgan fingerprint density at radius 3 is 2.18 bits per heavy atom. The van der Waals surface area contributed by atoms with E-state index >= 15 is 0 Å². The standard InChI is InChI=1S/C16H33N/c1-5-6-7-8-9-10-12-16(15(2,3)4)13-11-14-17-16/h17H,5-14H2,1-4H3. The van der Waals surface area contributed by atoms with E-state index < -0.39 is 0 Å². The minimum atomic E-state index is 0.410. The van der Waals surface area contributed by atoms with Crippen LogP contribution in [-0.2, 0) is 0 Å². The van der Waals surface area contributed by atoms with Gasteiger partial charge in [0.05, 0.1) is 0 Å². The van der Waals surface area contributed by atoms with Gasteiger partial charge in [-0.2, -0.15) is 0 Å². The first-order valence-corrected chi connectivity index (χ1v) is 7.77. The van der Waals surface area contributed by atoms with Gasteiger partial charge in [0, 0.05) is 5.54 Å². The number of rotatable bonds is 7. The molecule has 0 aliphatic carbocycles. The van der Waals surface area contributed by atoms with Crippen LogP contribution < -0.4 is 5.32 Å². The van der Waals surface area contributed by atoms with Crippen molar-refractivity contribution in [2.24, 2.45) is 5.41 Å². The molecular formula is C16H33N. The van der Waals surface area contributed by atoms with Crippen molar-refractivity contribution in [3.63, 3.8) is 0 Å². The lowest BCUT2D eigenvalue weighted by Gasteiger charge is -2.42. The lowest BCUT2D eigenvalue weighted by molar-refractivity contribution is 0.144. The Labute approximate surface area is 109 Å². The van der Waals surface area contributed by atoms with Gasteiger partial charge in [-0.15, -0.1) is 0 Å². The van der Waals surface area contributed by atoms with Crippen LogP contribution in [-0.4, -0.2) is 12.1 Å². The Morgan fingerprint density at radius 2 is 1.65 bits per heavy atom. The van der Waals surface area contributed by atoms with Crippen molar-refractivity contribution < 1.29 is 0 Å². The summed E-state index contributed by atoms with van der Waals surface area (Å²) in [7, 11) is 0. The molecule has 1 aliphatic rings. The van der Waals surface area contributed by atoms with Crippen molar-refractivity contribution in [1.29, 1.82) is 0 Å². The number of nitrogens with one attached hydrogen (secondary N) is 1. The van der Waals surface area contributed by atoms with Crippen molar-refractivity contribution in [3.8, 4) is 0 Å². The molecule has 17 heavy (non-hydrogen) atoms. The van der Waals surface area contributed by atoms with Crippen molar-refractivity contribution in [2.75, 3.05) is 6.54 Å². The van der Waals surface area contributed by atoms with Crippen LogP contribution in [0.15, 0.2) is 0 Å². The van der Waals surface area contributed by atoms with Gasteiger partial charge in [-0.05, 0) is 31.2 Å². The Bertz CT molecular complexity index is 196. The first-order valence-electron chi connectivity index (χ1n) is 7.77. The zero-order valence-corrected chi connectivity index (χ0v) is 12.6. The first-order chi connectivity index (χ1) is 8.02. The van der Waals surface area contributed by atoms with Crippen LogP contribution in [0.25, 0.3) is 0 Å². The summed E-state index contributed by atoms with van der Waals surface area (Å²) in [4.78, 5) is 0. The third-order valence-electron chi connectivity index (χ3n) is 4.64. The fraction of sp³-hybridized carbons (Fsp3) is 1.00. The van der Waals surface area contributed by atoms with Crippen LogP contribution in [0.1, 0.15) is 85.5 Å². The van der Waals surface area contributed by atoms with Crippen LogP contribution >= 0.6 is 0 Å². The minimum absolute atomic E-state index is 0.410. The molecule has 102 valence electrons. The molecule has 0 amide bonds. The fourth-order valence-corrected chi connectivity index (χ4v) is 3.24. The Kier molecular flexibility index (Phi) is 5.99. The van der Waals surface area contributed by atoms with Crippen molar-refractivity contribution in [2.45, 2.75) is 91.0 Å². The average Bonchev–Trinajstić information content (AvgIpc) is 2.72. The van der Waals surface area contributed by atoms with Crippen molar-refractivity contribution >= 4 is 0 Å². The quantitative estimate of drug-likeness (QED) is 0.623. The number of hydrogen-bond donors (Lipinski definition) is 1. The molecule has 1 saturated heterocycles. The number of unbranched alkanes of at least 4 members (excludes halogenated alkanes) is 5. The van der Waals surface area contributed by atoms with E-state index in [0.717, 1.165) is 0 Å². The van der Waals surface area contributed by atoms with Gasteiger partial charge < -0.3 is 5.32 Å². The predicted octanol–water partition coefficient (Wildman–Crippen LogP) is 4.91. The highest BCUT2D eigenvalue weighted by Crippen LogP contribution is 2.41. The van der Waals surface area contributed by atoms with E-state index in [1.165, 1.54) is 64.3 Å². The maximum Gasteiger partial charge on any atom is 0.0230 e. The smallest absolute Gasteiger partial charge is 0.0230 e. The molecule has 0 radical (unpaired) electrons. The lowest BCUT2D eigenvalue weighted by atomic mass is 9.70. The maximum absolute atomic E-state index is 3.81. The monoisotopic (exact) mass is 239 g/mol. The fourth-order valence-electron chi connectivity index (χ4n) is 3.24. The largest absolute Gasteiger partial charge is 0.311 e. The average molecular weight is 239 g/mol. The Balaban J connectivity index is 2.27. The highest BCUT2D eigenvalue weighted by molar-refractivity contribution is 5.01.